The van der Waals surface area contributed by atoms with Crippen molar-refractivity contribution >= 4 is 0 Å². The lowest BCUT2D eigenvalue weighted by atomic mass is 10.1. The van der Waals surface area contributed by atoms with Crippen molar-refractivity contribution in [3.05, 3.63) is 0 Å². The van der Waals surface area contributed by atoms with Gasteiger partial charge < -0.3 is 10.2 Å². The first kappa shape index (κ1) is 18.0. The van der Waals surface area contributed by atoms with Crippen LogP contribution in [0.25, 0.3) is 0 Å². The van der Waals surface area contributed by atoms with Gasteiger partial charge >= 0.3 is 0 Å². The lowest BCUT2D eigenvalue weighted by Crippen LogP contribution is -2.41. The third kappa shape index (κ3) is 9.77. The number of hydrogen-bond donors (Lipinski definition) is 1. The van der Waals surface area contributed by atoms with Gasteiger partial charge in [-0.25, -0.2) is 0 Å². The average Bonchev–Trinajstić information content (AvgIpc) is 2.46. The molecule has 0 aromatic rings. The minimum atomic E-state index is 0.664. The summed E-state index contributed by atoms with van der Waals surface area (Å²) in [6.07, 6.45) is 15.6. The van der Waals surface area contributed by atoms with E-state index in [2.05, 4.69) is 24.1 Å². The Morgan fingerprint density at radius 1 is 0.850 bits per heavy atom. The fourth-order valence-electron chi connectivity index (χ4n) is 3.20. The molecule has 0 aliphatic carbocycles. The quantitative estimate of drug-likeness (QED) is 0.527. The molecule has 1 N–H and O–H groups in total. The predicted molar refractivity (Wildman–Crippen MR) is 90.4 cm³/mol. The normalized spacial score (nSPS) is 18.3. The van der Waals surface area contributed by atoms with Crippen LogP contribution in [0.3, 0.4) is 0 Å². The highest BCUT2D eigenvalue weighted by Crippen LogP contribution is 2.09. The average molecular weight is 283 g/mol. The Labute approximate surface area is 127 Å². The second-order valence-electron chi connectivity index (χ2n) is 6.69. The number of rotatable bonds is 12. The molecule has 2 heteroatoms. The van der Waals surface area contributed by atoms with Gasteiger partial charge in [-0.3, -0.25) is 0 Å². The molecule has 1 unspecified atom stereocenters. The Morgan fingerprint density at radius 3 is 2.10 bits per heavy atom. The molecule has 0 bridgehead atoms. The smallest absolute Gasteiger partial charge is 0.0166 e. The molecule has 0 amide bonds. The van der Waals surface area contributed by atoms with Crippen LogP contribution < -0.4 is 5.32 Å². The van der Waals surface area contributed by atoms with Gasteiger partial charge in [0.2, 0.25) is 0 Å². The zero-order chi connectivity index (χ0) is 14.5. The predicted octanol–water partition coefficient (Wildman–Crippen LogP) is 4.59. The van der Waals surface area contributed by atoms with Crippen molar-refractivity contribution in [3.8, 4) is 0 Å². The molecule has 1 rings (SSSR count). The van der Waals surface area contributed by atoms with Gasteiger partial charge in [0.15, 0.2) is 0 Å². The maximum absolute atomic E-state index is 3.70. The van der Waals surface area contributed by atoms with Crippen molar-refractivity contribution < 1.29 is 0 Å². The van der Waals surface area contributed by atoms with Gasteiger partial charge in [-0.2, -0.15) is 0 Å². The number of likely N-dealkylation sites (tertiary alicyclic amines) is 1. The molecule has 0 aromatic heterocycles. The Bertz CT molecular complexity index is 200. The Morgan fingerprint density at radius 2 is 1.45 bits per heavy atom. The van der Waals surface area contributed by atoms with Crippen molar-refractivity contribution in [2.75, 3.05) is 26.2 Å². The van der Waals surface area contributed by atoms with Crippen LogP contribution in [0.5, 0.6) is 0 Å². The number of nitrogens with one attached hydrogen (secondary N) is 1. The third-order valence-electron chi connectivity index (χ3n) is 4.50. The largest absolute Gasteiger partial charge is 0.313 e. The highest BCUT2D eigenvalue weighted by molar-refractivity contribution is 4.71. The summed E-state index contributed by atoms with van der Waals surface area (Å²) in [5.74, 6) is 0. The van der Waals surface area contributed by atoms with E-state index in [9.17, 15) is 0 Å². The molecular weight excluding hydrogens is 244 g/mol. The van der Waals surface area contributed by atoms with E-state index in [1.54, 1.807) is 0 Å². The van der Waals surface area contributed by atoms with E-state index < -0.39 is 0 Å². The van der Waals surface area contributed by atoms with Crippen LogP contribution in [-0.4, -0.2) is 37.1 Å². The van der Waals surface area contributed by atoms with Crippen molar-refractivity contribution in [1.29, 1.82) is 0 Å². The van der Waals surface area contributed by atoms with Crippen LogP contribution in [0.15, 0.2) is 0 Å². The molecule has 1 atom stereocenters. The van der Waals surface area contributed by atoms with Gasteiger partial charge in [-0.1, -0.05) is 58.3 Å². The Balaban J connectivity index is 1.83. The standard InChI is InChI=1S/C18H38N2/c1-3-4-5-6-7-8-9-11-14-19-18(2)17-20-15-12-10-13-16-20/h18-19H,3-17H2,1-2H3. The second-order valence-corrected chi connectivity index (χ2v) is 6.69. The zero-order valence-electron chi connectivity index (χ0n) is 14.1. The molecule has 0 aromatic carbocycles. The zero-order valence-corrected chi connectivity index (χ0v) is 14.1. The number of piperidine rings is 1. The summed E-state index contributed by atoms with van der Waals surface area (Å²) in [6, 6.07) is 0.664. The molecule has 0 spiro atoms. The monoisotopic (exact) mass is 282 g/mol. The molecule has 1 aliphatic rings. The van der Waals surface area contributed by atoms with Crippen LogP contribution in [0.4, 0.5) is 0 Å². The minimum Gasteiger partial charge on any atom is -0.313 e. The van der Waals surface area contributed by atoms with Crippen LogP contribution in [-0.2, 0) is 0 Å². The maximum Gasteiger partial charge on any atom is 0.0166 e. The lowest BCUT2D eigenvalue weighted by Gasteiger charge is -2.29. The minimum absolute atomic E-state index is 0.664. The van der Waals surface area contributed by atoms with Gasteiger partial charge in [-0.15, -0.1) is 0 Å². The van der Waals surface area contributed by atoms with E-state index in [1.807, 2.05) is 0 Å². The fourth-order valence-corrected chi connectivity index (χ4v) is 3.20. The Hall–Kier alpha value is -0.0800. The SMILES string of the molecule is CCCCCCCCCCNC(C)CN1CCCCC1. The second kappa shape index (κ2) is 12.6. The van der Waals surface area contributed by atoms with Crippen molar-refractivity contribution in [3.63, 3.8) is 0 Å². The molecule has 1 aliphatic heterocycles. The van der Waals surface area contributed by atoms with Crippen molar-refractivity contribution in [1.82, 2.24) is 10.2 Å². The molecular formula is C18H38N2. The van der Waals surface area contributed by atoms with E-state index in [0.29, 0.717) is 6.04 Å². The van der Waals surface area contributed by atoms with Crippen molar-refractivity contribution in [2.45, 2.75) is 90.5 Å². The number of hydrogen-bond acceptors (Lipinski definition) is 2. The van der Waals surface area contributed by atoms with Gasteiger partial charge in [0.1, 0.15) is 0 Å². The summed E-state index contributed by atoms with van der Waals surface area (Å²) in [6.45, 7) is 9.74. The summed E-state index contributed by atoms with van der Waals surface area (Å²) in [7, 11) is 0. The van der Waals surface area contributed by atoms with E-state index in [4.69, 9.17) is 0 Å². The van der Waals surface area contributed by atoms with E-state index >= 15 is 0 Å². The van der Waals surface area contributed by atoms with Crippen LogP contribution in [0.1, 0.15) is 84.5 Å². The van der Waals surface area contributed by atoms with Crippen LogP contribution in [0, 0.1) is 0 Å². The Kier molecular flexibility index (Phi) is 11.4. The number of unbranched alkanes of at least 4 members (excludes halogenated alkanes) is 7. The molecule has 120 valence electrons. The highest BCUT2D eigenvalue weighted by atomic mass is 15.1. The lowest BCUT2D eigenvalue weighted by molar-refractivity contribution is 0.209. The summed E-state index contributed by atoms with van der Waals surface area (Å²) >= 11 is 0. The summed E-state index contributed by atoms with van der Waals surface area (Å²) in [4.78, 5) is 2.63. The number of nitrogens with zero attached hydrogens (tertiary/aromatic N) is 1. The van der Waals surface area contributed by atoms with Gasteiger partial charge in [-0.05, 0) is 45.8 Å². The summed E-state index contributed by atoms with van der Waals surface area (Å²) < 4.78 is 0. The van der Waals surface area contributed by atoms with Gasteiger partial charge in [0, 0.05) is 12.6 Å². The van der Waals surface area contributed by atoms with E-state index in [0.717, 1.165) is 0 Å². The summed E-state index contributed by atoms with van der Waals surface area (Å²) in [5.41, 5.74) is 0. The molecule has 20 heavy (non-hydrogen) atoms. The van der Waals surface area contributed by atoms with Crippen LogP contribution >= 0.6 is 0 Å². The first-order valence-corrected chi connectivity index (χ1v) is 9.28. The first-order valence-electron chi connectivity index (χ1n) is 9.28. The molecule has 2 nitrogen and oxygen atoms in total. The molecule has 1 fully saturated rings. The maximum atomic E-state index is 3.70. The first-order chi connectivity index (χ1) is 9.83. The van der Waals surface area contributed by atoms with E-state index in [-0.39, 0.29) is 0 Å². The highest BCUT2D eigenvalue weighted by Gasteiger charge is 2.12. The van der Waals surface area contributed by atoms with Gasteiger partial charge in [0.25, 0.3) is 0 Å². The molecule has 1 saturated heterocycles. The molecule has 0 saturated carbocycles. The fraction of sp³-hybridized carbons (Fsp3) is 1.00. The van der Waals surface area contributed by atoms with E-state index in [1.165, 1.54) is 96.8 Å². The molecule has 0 radical (unpaired) electrons. The third-order valence-corrected chi connectivity index (χ3v) is 4.50. The van der Waals surface area contributed by atoms with Crippen LogP contribution in [0.2, 0.25) is 0 Å². The molecule has 1 heterocycles. The van der Waals surface area contributed by atoms with Gasteiger partial charge in [0.05, 0.1) is 0 Å². The topological polar surface area (TPSA) is 15.3 Å². The summed E-state index contributed by atoms with van der Waals surface area (Å²) in [5, 5.41) is 3.70. The van der Waals surface area contributed by atoms with Crippen molar-refractivity contribution in [2.24, 2.45) is 0 Å².